The Kier molecular flexibility index (Phi) is 10.8. The summed E-state index contributed by atoms with van der Waals surface area (Å²) in [6.45, 7) is 10.4. The van der Waals surface area contributed by atoms with Crippen LogP contribution in [0.5, 0.6) is 0 Å². The third-order valence-corrected chi connectivity index (χ3v) is 13.0. The maximum atomic E-state index is 11.9. The van der Waals surface area contributed by atoms with Crippen molar-refractivity contribution in [1.82, 2.24) is 0 Å². The number of aliphatic hydroxyl groups excluding tert-OH is 6. The molecule has 0 aromatic carbocycles. The van der Waals surface area contributed by atoms with Crippen LogP contribution in [-0.4, -0.2) is 98.8 Å². The molecule has 5 rings (SSSR count). The summed E-state index contributed by atoms with van der Waals surface area (Å²) in [4.78, 5) is 11.2. The first kappa shape index (κ1) is 35.2. The molecule has 4 aliphatic carbocycles. The van der Waals surface area contributed by atoms with Crippen LogP contribution in [0.4, 0.5) is 0 Å². The van der Waals surface area contributed by atoms with Crippen LogP contribution in [0.2, 0.25) is 0 Å². The summed E-state index contributed by atoms with van der Waals surface area (Å²) >= 11 is 0. The Morgan fingerprint density at radius 3 is 2.40 bits per heavy atom. The fraction of sp³-hybridized carbons (Fsp3) is 0.914. The van der Waals surface area contributed by atoms with Gasteiger partial charge in [0.15, 0.2) is 6.29 Å². The van der Waals surface area contributed by atoms with Crippen LogP contribution < -0.4 is 0 Å². The van der Waals surface area contributed by atoms with Crippen molar-refractivity contribution in [3.8, 4) is 0 Å². The monoisotopic (exact) mass is 638 g/mol. The predicted molar refractivity (Wildman–Crippen MR) is 165 cm³/mol. The second-order valence-electron chi connectivity index (χ2n) is 15.8. The molecule has 0 aromatic rings. The first-order valence-corrected chi connectivity index (χ1v) is 17.4. The molecular formula is C35H58O10. The molecule has 1 heterocycles. The highest BCUT2D eigenvalue weighted by atomic mass is 16.7. The molecule has 258 valence electrons. The van der Waals surface area contributed by atoms with Gasteiger partial charge in [-0.3, -0.25) is 4.79 Å². The second kappa shape index (κ2) is 13.8. The lowest BCUT2D eigenvalue weighted by atomic mass is 9.48. The molecule has 0 bridgehead atoms. The minimum Gasteiger partial charge on any atom is -0.466 e. The number of esters is 1. The lowest BCUT2D eigenvalue weighted by Gasteiger charge is -2.58. The summed E-state index contributed by atoms with van der Waals surface area (Å²) in [5.41, 5.74) is 0.934. The molecule has 0 spiro atoms. The Labute approximate surface area is 268 Å². The number of hydrogen-bond acceptors (Lipinski definition) is 10. The second-order valence-corrected chi connectivity index (χ2v) is 15.8. The lowest BCUT2D eigenvalue weighted by Crippen LogP contribution is -2.61. The van der Waals surface area contributed by atoms with Crippen LogP contribution >= 0.6 is 0 Å². The number of hydrogen-bond donors (Lipinski definition) is 6. The normalized spacial score (nSPS) is 47.6. The van der Waals surface area contributed by atoms with Gasteiger partial charge in [0.2, 0.25) is 0 Å². The van der Waals surface area contributed by atoms with Crippen LogP contribution in [0.1, 0.15) is 92.4 Å². The highest BCUT2D eigenvalue weighted by Gasteiger charge is 2.63. The van der Waals surface area contributed by atoms with Crippen molar-refractivity contribution < 1.29 is 49.6 Å². The van der Waals surface area contributed by atoms with E-state index in [0.29, 0.717) is 31.3 Å². The molecule has 0 amide bonds. The zero-order chi connectivity index (χ0) is 32.8. The lowest BCUT2D eigenvalue weighted by molar-refractivity contribution is -0.316. The Balaban J connectivity index is 1.39. The van der Waals surface area contributed by atoms with E-state index in [1.807, 2.05) is 0 Å². The molecule has 16 atom stereocenters. The van der Waals surface area contributed by atoms with E-state index in [1.54, 1.807) is 0 Å². The molecule has 1 aliphatic heterocycles. The highest BCUT2D eigenvalue weighted by molar-refractivity contribution is 5.65. The molecule has 3 saturated carbocycles. The average Bonchev–Trinajstić information content (AvgIpc) is 3.27. The average molecular weight is 639 g/mol. The van der Waals surface area contributed by atoms with Crippen molar-refractivity contribution in [2.75, 3.05) is 13.2 Å². The Morgan fingerprint density at radius 1 is 1.00 bits per heavy atom. The van der Waals surface area contributed by atoms with E-state index in [9.17, 15) is 35.4 Å². The maximum absolute atomic E-state index is 11.9. The fourth-order valence-electron chi connectivity index (χ4n) is 10.2. The van der Waals surface area contributed by atoms with Crippen LogP contribution in [-0.2, 0) is 19.0 Å². The summed E-state index contributed by atoms with van der Waals surface area (Å²) in [7, 11) is 0. The number of fused-ring (bicyclic) bond motifs is 5. The number of carbonyl (C=O) groups is 1. The molecule has 1 saturated heterocycles. The van der Waals surface area contributed by atoms with Crippen molar-refractivity contribution in [3.63, 3.8) is 0 Å². The molecule has 0 radical (unpaired) electrons. The molecule has 10 nitrogen and oxygen atoms in total. The smallest absolute Gasteiger partial charge is 0.302 e. The summed E-state index contributed by atoms with van der Waals surface area (Å²) in [6.07, 6.45) is 1.60. The SMILES string of the molecule is CC(=O)OC[C@H](C)CCC[C@@H](C)[C@@]1(C)CC(O)C2C3C(O[C@@H]4O[C@H](CO)[C@H](O)[C@H](O)[C@H]4O)C=C4CC(O)CC[C@]4(C)C3CC[C@@H]21. The zero-order valence-corrected chi connectivity index (χ0v) is 27.8. The van der Waals surface area contributed by atoms with Crippen molar-refractivity contribution in [3.05, 3.63) is 11.6 Å². The molecule has 45 heavy (non-hydrogen) atoms. The van der Waals surface area contributed by atoms with Crippen LogP contribution in [0.25, 0.3) is 0 Å². The standard InChI is InChI=1S/C35H58O10/c1-18(17-43-20(3)37)7-6-8-19(2)35(5)15-25(39)28-23(35)9-10-24-29(28)26(14-21-13-22(38)11-12-34(21,24)4)44-33-32(42)31(41)30(40)27(16-36)45-33/h14,18-19,22-33,36,38-42H,6-13,15-17H2,1-5H3/t18-,19-,22?,23+,24?,25?,26?,27-,28?,29?,30+,31+,32-,33-,34+,35-/m1/s1. The molecule has 10 heteroatoms. The number of aliphatic hydroxyl groups is 6. The summed E-state index contributed by atoms with van der Waals surface area (Å²) < 4.78 is 17.6. The fourth-order valence-corrected chi connectivity index (χ4v) is 10.2. The topological polar surface area (TPSA) is 166 Å². The van der Waals surface area contributed by atoms with Gasteiger partial charge >= 0.3 is 5.97 Å². The van der Waals surface area contributed by atoms with Crippen molar-refractivity contribution >= 4 is 5.97 Å². The largest absolute Gasteiger partial charge is 0.466 e. The summed E-state index contributed by atoms with van der Waals surface area (Å²) in [5.74, 6) is 0.806. The minimum absolute atomic E-state index is 0.0320. The van der Waals surface area contributed by atoms with Crippen molar-refractivity contribution in [2.24, 2.45) is 46.3 Å². The van der Waals surface area contributed by atoms with Gasteiger partial charge in [0, 0.05) is 6.92 Å². The van der Waals surface area contributed by atoms with Gasteiger partial charge in [-0.25, -0.2) is 0 Å². The van der Waals surface area contributed by atoms with E-state index in [4.69, 9.17) is 14.2 Å². The van der Waals surface area contributed by atoms with Gasteiger partial charge in [0.25, 0.3) is 0 Å². The molecule has 6 unspecified atom stereocenters. The summed E-state index contributed by atoms with van der Waals surface area (Å²) in [5, 5.41) is 64.0. The van der Waals surface area contributed by atoms with Gasteiger partial charge < -0.3 is 44.8 Å². The number of carbonyl (C=O) groups excluding carboxylic acids is 1. The third-order valence-electron chi connectivity index (χ3n) is 13.0. The quantitative estimate of drug-likeness (QED) is 0.155. The first-order chi connectivity index (χ1) is 21.2. The van der Waals surface area contributed by atoms with E-state index in [2.05, 4.69) is 33.8 Å². The zero-order valence-electron chi connectivity index (χ0n) is 27.8. The molecule has 6 N–H and O–H groups in total. The van der Waals surface area contributed by atoms with Crippen molar-refractivity contribution in [2.45, 2.75) is 141 Å². The van der Waals surface area contributed by atoms with Crippen molar-refractivity contribution in [1.29, 1.82) is 0 Å². The van der Waals surface area contributed by atoms with E-state index in [1.165, 1.54) is 6.92 Å². The molecule has 5 aliphatic rings. The molecule has 0 aromatic heterocycles. The molecular weight excluding hydrogens is 580 g/mol. The van der Waals surface area contributed by atoms with Gasteiger partial charge in [-0.1, -0.05) is 52.2 Å². The Bertz CT molecular complexity index is 1070. The van der Waals surface area contributed by atoms with Crippen LogP contribution in [0.3, 0.4) is 0 Å². The Morgan fingerprint density at radius 2 is 1.71 bits per heavy atom. The summed E-state index contributed by atoms with van der Waals surface area (Å²) in [6, 6.07) is 0. The highest BCUT2D eigenvalue weighted by Crippen LogP contribution is 2.66. The van der Waals surface area contributed by atoms with E-state index in [-0.39, 0.29) is 40.5 Å². The van der Waals surface area contributed by atoms with E-state index in [0.717, 1.165) is 50.5 Å². The first-order valence-electron chi connectivity index (χ1n) is 17.4. The van der Waals surface area contributed by atoms with Crippen LogP contribution in [0, 0.1) is 46.3 Å². The van der Waals surface area contributed by atoms with Gasteiger partial charge in [-0.15, -0.1) is 0 Å². The molecule has 4 fully saturated rings. The minimum atomic E-state index is -1.54. The van der Waals surface area contributed by atoms with Gasteiger partial charge in [-0.05, 0) is 91.3 Å². The third kappa shape index (κ3) is 6.64. The predicted octanol–water partition coefficient (Wildman–Crippen LogP) is 2.70. The maximum Gasteiger partial charge on any atom is 0.302 e. The van der Waals surface area contributed by atoms with Gasteiger partial charge in [0.1, 0.15) is 24.4 Å². The van der Waals surface area contributed by atoms with Crippen LogP contribution in [0.15, 0.2) is 11.6 Å². The Hall–Kier alpha value is -1.11. The van der Waals surface area contributed by atoms with E-state index < -0.39 is 55.6 Å². The van der Waals surface area contributed by atoms with E-state index >= 15 is 0 Å². The number of rotatable bonds is 10. The number of ether oxygens (including phenoxy) is 3. The van der Waals surface area contributed by atoms with Gasteiger partial charge in [-0.2, -0.15) is 0 Å². The van der Waals surface area contributed by atoms with Gasteiger partial charge in [0.05, 0.1) is 31.5 Å².